The first-order valence-corrected chi connectivity index (χ1v) is 9.60. The Kier molecular flexibility index (Phi) is 4.36. The normalized spacial score (nSPS) is 13.2. The van der Waals surface area contributed by atoms with Gasteiger partial charge in [-0.25, -0.2) is 0 Å². The smallest absolute Gasteiger partial charge is 0.382 e. The van der Waals surface area contributed by atoms with E-state index >= 15 is 0 Å². The van der Waals surface area contributed by atoms with Gasteiger partial charge < -0.3 is 29.6 Å². The van der Waals surface area contributed by atoms with Crippen LogP contribution in [0.1, 0.15) is 0 Å². The van der Waals surface area contributed by atoms with E-state index in [-0.39, 0.29) is 23.6 Å². The Hall–Kier alpha value is -4.26. The number of hydrogen-bond acceptors (Lipinski definition) is 11. The van der Waals surface area contributed by atoms with Crippen LogP contribution >= 0.6 is 11.3 Å². The minimum absolute atomic E-state index is 0.00110. The van der Waals surface area contributed by atoms with Crippen molar-refractivity contribution in [1.29, 1.82) is 0 Å². The Labute approximate surface area is 177 Å². The number of thiophene rings is 1. The summed E-state index contributed by atoms with van der Waals surface area (Å²) in [5.41, 5.74) is -0.372. The zero-order chi connectivity index (χ0) is 21.5. The third-order valence-electron chi connectivity index (χ3n) is 4.48. The van der Waals surface area contributed by atoms with Crippen molar-refractivity contribution in [2.75, 3.05) is 24.2 Å². The highest BCUT2D eigenvalue weighted by Gasteiger charge is 2.37. The zero-order valence-corrected chi connectivity index (χ0v) is 16.3. The lowest BCUT2D eigenvalue weighted by atomic mass is 10.2. The number of fused-ring (bicyclic) bond motifs is 2. The van der Waals surface area contributed by atoms with Crippen LogP contribution < -0.4 is 29.6 Å². The van der Waals surface area contributed by atoms with Crippen LogP contribution in [-0.2, 0) is 0 Å². The summed E-state index contributed by atoms with van der Waals surface area (Å²) in [6.07, 6.45) is 0. The summed E-state index contributed by atoms with van der Waals surface area (Å²) in [6, 6.07) is 9.75. The van der Waals surface area contributed by atoms with E-state index in [1.54, 1.807) is 36.4 Å². The molecule has 0 aliphatic carbocycles. The van der Waals surface area contributed by atoms with Gasteiger partial charge in [0.25, 0.3) is 0 Å². The summed E-state index contributed by atoms with van der Waals surface area (Å²) in [4.78, 5) is 21.8. The predicted octanol–water partition coefficient (Wildman–Crippen LogP) is 4.51. The topological polar surface area (TPSA) is 147 Å². The average Bonchev–Trinajstić information content (AvgIpc) is 3.45. The first-order chi connectivity index (χ1) is 15.0. The van der Waals surface area contributed by atoms with Gasteiger partial charge >= 0.3 is 11.4 Å². The molecule has 0 amide bonds. The quantitative estimate of drug-likeness (QED) is 0.411. The van der Waals surface area contributed by atoms with Crippen molar-refractivity contribution in [2.45, 2.75) is 0 Å². The lowest BCUT2D eigenvalue weighted by molar-refractivity contribution is -0.420. The van der Waals surface area contributed by atoms with Gasteiger partial charge in [0.15, 0.2) is 33.0 Å². The van der Waals surface area contributed by atoms with Gasteiger partial charge in [0.05, 0.1) is 9.85 Å². The Morgan fingerprint density at radius 3 is 1.55 bits per heavy atom. The van der Waals surface area contributed by atoms with Gasteiger partial charge in [-0.2, -0.15) is 0 Å². The second-order valence-electron chi connectivity index (χ2n) is 6.36. The van der Waals surface area contributed by atoms with Crippen LogP contribution in [0.25, 0.3) is 0 Å². The van der Waals surface area contributed by atoms with Crippen LogP contribution in [0.5, 0.6) is 23.0 Å². The maximum Gasteiger partial charge on any atom is 0.382 e. The van der Waals surface area contributed by atoms with Gasteiger partial charge in [-0.3, -0.25) is 20.2 Å². The molecule has 0 saturated heterocycles. The molecule has 31 heavy (non-hydrogen) atoms. The number of rotatable bonds is 6. The lowest BCUT2D eigenvalue weighted by Gasteiger charge is -2.05. The first-order valence-electron chi connectivity index (χ1n) is 8.78. The Morgan fingerprint density at radius 2 is 1.13 bits per heavy atom. The molecule has 5 rings (SSSR count). The molecule has 0 bridgehead atoms. The molecule has 12 nitrogen and oxygen atoms in total. The highest BCUT2D eigenvalue weighted by molar-refractivity contribution is 7.21. The molecule has 2 N–H and O–H groups in total. The minimum Gasteiger partial charge on any atom is -0.454 e. The standard InChI is InChI=1S/C18H12N4O8S/c23-21(24)15-16(22(25)26)18(20-10-2-4-12-14(6-10)30-8-28-12)31-17(15)19-9-1-3-11-13(5-9)29-7-27-11/h1-6,19-20H,7-8H2. The van der Waals surface area contributed by atoms with Crippen LogP contribution in [0.3, 0.4) is 0 Å². The van der Waals surface area contributed by atoms with Gasteiger partial charge in [-0.05, 0) is 24.3 Å². The van der Waals surface area contributed by atoms with Crippen LogP contribution in [0, 0.1) is 20.2 Å². The number of hydrogen-bond donors (Lipinski definition) is 2. The van der Waals surface area contributed by atoms with Gasteiger partial charge in [-0.1, -0.05) is 11.3 Å². The summed E-state index contributed by atoms with van der Waals surface area (Å²) < 4.78 is 21.1. The number of ether oxygens (including phenoxy) is 4. The molecular weight excluding hydrogens is 432 g/mol. The number of nitro groups is 2. The lowest BCUT2D eigenvalue weighted by Crippen LogP contribution is -1.98. The molecule has 0 saturated carbocycles. The van der Waals surface area contributed by atoms with E-state index in [2.05, 4.69) is 10.6 Å². The van der Waals surface area contributed by atoms with Crippen LogP contribution in [0.4, 0.5) is 32.8 Å². The first kappa shape index (κ1) is 18.7. The summed E-state index contributed by atoms with van der Waals surface area (Å²) in [5.74, 6) is 2.03. The van der Waals surface area contributed by atoms with Crippen molar-refractivity contribution in [2.24, 2.45) is 0 Å². The maximum absolute atomic E-state index is 11.7. The average molecular weight is 444 g/mol. The van der Waals surface area contributed by atoms with Gasteiger partial charge in [-0.15, -0.1) is 0 Å². The third kappa shape index (κ3) is 3.36. The zero-order valence-electron chi connectivity index (χ0n) is 15.4. The summed E-state index contributed by atoms with van der Waals surface area (Å²) in [6.45, 7) is 0.153. The molecule has 2 aliphatic rings. The molecule has 2 aromatic carbocycles. The second kappa shape index (κ2) is 7.21. The molecule has 158 valence electrons. The Balaban J connectivity index is 1.52. The largest absolute Gasteiger partial charge is 0.454 e. The molecule has 0 atom stereocenters. The predicted molar refractivity (Wildman–Crippen MR) is 109 cm³/mol. The number of nitrogens with zero attached hydrogens (tertiary/aromatic N) is 2. The summed E-state index contributed by atoms with van der Waals surface area (Å²) in [5, 5.41) is 29.2. The van der Waals surface area contributed by atoms with E-state index in [1.807, 2.05) is 0 Å². The van der Waals surface area contributed by atoms with E-state index in [0.29, 0.717) is 34.4 Å². The number of anilines is 4. The Bertz CT molecular complexity index is 1140. The highest BCUT2D eigenvalue weighted by atomic mass is 32.1. The van der Waals surface area contributed by atoms with Crippen LogP contribution in [0.15, 0.2) is 36.4 Å². The second-order valence-corrected chi connectivity index (χ2v) is 7.38. The van der Waals surface area contributed by atoms with E-state index in [9.17, 15) is 20.2 Å². The third-order valence-corrected chi connectivity index (χ3v) is 5.48. The van der Waals surface area contributed by atoms with E-state index in [0.717, 1.165) is 11.3 Å². The number of benzene rings is 2. The molecule has 2 aliphatic heterocycles. The van der Waals surface area contributed by atoms with Crippen molar-refractivity contribution in [1.82, 2.24) is 0 Å². The van der Waals surface area contributed by atoms with Crippen molar-refractivity contribution in [3.8, 4) is 23.0 Å². The fourth-order valence-electron chi connectivity index (χ4n) is 3.13. The minimum atomic E-state index is -0.783. The fraction of sp³-hybridized carbons (Fsp3) is 0.111. The molecule has 13 heteroatoms. The van der Waals surface area contributed by atoms with Gasteiger partial charge in [0.1, 0.15) is 0 Å². The monoisotopic (exact) mass is 444 g/mol. The fourth-order valence-corrected chi connectivity index (χ4v) is 4.21. The highest BCUT2D eigenvalue weighted by Crippen LogP contribution is 2.51. The van der Waals surface area contributed by atoms with Crippen molar-refractivity contribution in [3.05, 3.63) is 56.6 Å². The van der Waals surface area contributed by atoms with E-state index in [1.165, 1.54) is 0 Å². The Morgan fingerprint density at radius 1 is 0.710 bits per heavy atom. The molecule has 3 aromatic rings. The van der Waals surface area contributed by atoms with Gasteiger partial charge in [0, 0.05) is 23.5 Å². The maximum atomic E-state index is 11.7. The summed E-state index contributed by atoms with van der Waals surface area (Å²) in [7, 11) is 0. The molecule has 1 aromatic heterocycles. The van der Waals surface area contributed by atoms with E-state index in [4.69, 9.17) is 18.9 Å². The van der Waals surface area contributed by atoms with Crippen molar-refractivity contribution >= 4 is 44.1 Å². The molecule has 3 heterocycles. The van der Waals surface area contributed by atoms with Gasteiger partial charge in [0.2, 0.25) is 13.6 Å². The molecule has 0 spiro atoms. The SMILES string of the molecule is O=[N+]([O-])c1c(Nc2ccc3c(c2)OCO3)sc(Nc2ccc3c(c2)OCO3)c1[N+](=O)[O-]. The van der Waals surface area contributed by atoms with Crippen molar-refractivity contribution < 1.29 is 28.8 Å². The summed E-state index contributed by atoms with van der Waals surface area (Å²) >= 11 is 0.849. The van der Waals surface area contributed by atoms with Crippen molar-refractivity contribution in [3.63, 3.8) is 0 Å². The van der Waals surface area contributed by atoms with Crippen LogP contribution in [0.2, 0.25) is 0 Å². The van der Waals surface area contributed by atoms with Crippen LogP contribution in [-0.4, -0.2) is 23.4 Å². The number of nitrogens with one attached hydrogen (secondary N) is 2. The molecule has 0 unspecified atom stereocenters. The molecule has 0 radical (unpaired) electrons. The molecular formula is C18H12N4O8S. The molecule has 0 fully saturated rings. The van der Waals surface area contributed by atoms with E-state index < -0.39 is 21.2 Å².